The van der Waals surface area contributed by atoms with Crippen LogP contribution in [0.3, 0.4) is 0 Å². The van der Waals surface area contributed by atoms with Gasteiger partial charge in [0.15, 0.2) is 0 Å². The van der Waals surface area contributed by atoms with E-state index in [9.17, 15) is 17.8 Å². The van der Waals surface area contributed by atoms with Gasteiger partial charge in [-0.25, -0.2) is 0 Å². The van der Waals surface area contributed by atoms with Crippen LogP contribution in [0.2, 0.25) is 0 Å². The van der Waals surface area contributed by atoms with E-state index in [1.807, 2.05) is 0 Å². The average molecular weight is 328 g/mol. The van der Waals surface area contributed by atoms with Gasteiger partial charge in [0.1, 0.15) is 0 Å². The second kappa shape index (κ2) is 8.21. The molecule has 0 radical (unpaired) electrons. The maximum Gasteiger partial charge on any atom is 0.216 e. The number of hydrogen-bond donors (Lipinski definition) is 1. The Bertz CT molecular complexity index is 551. The van der Waals surface area contributed by atoms with E-state index in [-0.39, 0.29) is 18.9 Å². The lowest BCUT2D eigenvalue weighted by Gasteiger charge is -2.34. The Balaban J connectivity index is 3.19. The molecule has 7 heteroatoms. The lowest BCUT2D eigenvalue weighted by atomic mass is 10.0. The van der Waals surface area contributed by atoms with Crippen LogP contribution in [-0.2, 0) is 26.7 Å². The molecule has 1 aliphatic heterocycles. The summed E-state index contributed by atoms with van der Waals surface area (Å²) in [5.41, 5.74) is 0.468. The molecule has 0 bridgehead atoms. The fourth-order valence-corrected chi connectivity index (χ4v) is 4.73. The van der Waals surface area contributed by atoms with Crippen molar-refractivity contribution in [3.63, 3.8) is 0 Å². The smallest absolute Gasteiger partial charge is 0.216 e. The van der Waals surface area contributed by atoms with Gasteiger partial charge in [-0.3, -0.25) is 13.2 Å². The first-order valence-electron chi connectivity index (χ1n) is 6.31. The van der Waals surface area contributed by atoms with E-state index in [1.54, 1.807) is 12.2 Å². The second-order valence-electron chi connectivity index (χ2n) is 4.47. The quantitative estimate of drug-likeness (QED) is 0.765. The van der Waals surface area contributed by atoms with Crippen LogP contribution in [0.4, 0.5) is 0 Å². The third-order valence-electron chi connectivity index (χ3n) is 3.01. The highest BCUT2D eigenvalue weighted by Crippen LogP contribution is 2.33. The lowest BCUT2D eigenvalue weighted by Crippen LogP contribution is -2.41. The Hall–Kier alpha value is -1.31. The van der Waals surface area contributed by atoms with E-state index in [4.69, 9.17) is 0 Å². The summed E-state index contributed by atoms with van der Waals surface area (Å²) >= 11 is -2.35. The van der Waals surface area contributed by atoms with Crippen molar-refractivity contribution in [1.29, 1.82) is 0 Å². The van der Waals surface area contributed by atoms with E-state index in [2.05, 4.69) is 18.5 Å². The second-order valence-corrected chi connectivity index (χ2v) is 7.26. The molecule has 0 aromatic heterocycles. The van der Waals surface area contributed by atoms with Crippen LogP contribution in [-0.4, -0.2) is 35.9 Å². The Morgan fingerprint density at radius 1 is 1.48 bits per heavy atom. The van der Waals surface area contributed by atoms with Crippen LogP contribution in [0.25, 0.3) is 0 Å². The molecule has 1 rings (SSSR count). The van der Waals surface area contributed by atoms with Crippen LogP contribution in [0, 0.1) is 0 Å². The molecule has 21 heavy (non-hydrogen) atoms. The van der Waals surface area contributed by atoms with Crippen molar-refractivity contribution in [3.8, 4) is 0 Å². The molecule has 0 aromatic rings. The van der Waals surface area contributed by atoms with Crippen LogP contribution in [0.15, 0.2) is 47.9 Å². The third kappa shape index (κ3) is 4.59. The minimum Gasteiger partial charge on any atom is -0.772 e. The maximum atomic E-state index is 12.5. The monoisotopic (exact) mass is 328 g/mol. The first-order valence-corrected chi connectivity index (χ1v) is 8.66. The highest BCUT2D eigenvalue weighted by molar-refractivity contribution is 7.90. The van der Waals surface area contributed by atoms with Gasteiger partial charge in [0.05, 0.1) is 16.0 Å². The summed E-state index contributed by atoms with van der Waals surface area (Å²) in [6.07, 6.45) is 6.23. The zero-order chi connectivity index (χ0) is 16.0. The summed E-state index contributed by atoms with van der Waals surface area (Å²) in [5.74, 6) is -0.242. The zero-order valence-corrected chi connectivity index (χ0v) is 13.4. The average Bonchev–Trinajstić information content (AvgIpc) is 2.41. The highest BCUT2D eigenvalue weighted by atomic mass is 32.2. The molecule has 0 aromatic carbocycles. The molecule has 116 valence electrons. The van der Waals surface area contributed by atoms with Gasteiger partial charge in [0.25, 0.3) is 0 Å². The van der Waals surface area contributed by atoms with Crippen LogP contribution >= 0.6 is 0 Å². The number of carbonyl (C=O) groups is 1. The summed E-state index contributed by atoms with van der Waals surface area (Å²) in [4.78, 5) is 11.4. The standard InChI is InChI=1S/C14H19NO4S2/c1-4-6-12-13(7-5-2)20(17)11(9-15-10(3)16)8-14(12)21(18)19/h4-7,11,14H,1-2,8-9H2,3H3,(H,15,16)(H,18,19)/p-1/b12-6?,13-7+/t11-,14?,20?/m1/s1. The molecule has 1 N–H and O–H groups in total. The molecular weight excluding hydrogens is 310 g/mol. The van der Waals surface area contributed by atoms with Crippen molar-refractivity contribution in [2.75, 3.05) is 6.54 Å². The SMILES string of the molecule is C=CC=C1/C(=C\C=C)S(=O)[C@@H](CNC(C)=O)CC1S(=O)[O-]. The first-order chi connectivity index (χ1) is 9.92. The van der Waals surface area contributed by atoms with Gasteiger partial charge in [0, 0.05) is 23.6 Å². The fraction of sp³-hybridized carbons (Fsp3) is 0.357. The zero-order valence-electron chi connectivity index (χ0n) is 11.7. The van der Waals surface area contributed by atoms with Crippen LogP contribution < -0.4 is 5.32 Å². The van der Waals surface area contributed by atoms with Gasteiger partial charge in [-0.2, -0.15) is 0 Å². The molecule has 3 unspecified atom stereocenters. The topological polar surface area (TPSA) is 86.3 Å². The number of allylic oxidation sites excluding steroid dienone is 5. The number of carbonyl (C=O) groups excluding carboxylic acids is 1. The van der Waals surface area contributed by atoms with Crippen LogP contribution in [0.1, 0.15) is 13.3 Å². The van der Waals surface area contributed by atoms with Gasteiger partial charge in [-0.1, -0.05) is 31.4 Å². The fourth-order valence-electron chi connectivity index (χ4n) is 2.09. The van der Waals surface area contributed by atoms with Crippen LogP contribution in [0.5, 0.6) is 0 Å². The van der Waals surface area contributed by atoms with Gasteiger partial charge in [-0.15, -0.1) is 0 Å². The molecule has 1 heterocycles. The Morgan fingerprint density at radius 2 is 2.10 bits per heavy atom. The van der Waals surface area contributed by atoms with Crippen molar-refractivity contribution in [2.45, 2.75) is 23.8 Å². The molecule has 1 saturated heterocycles. The molecule has 1 aliphatic rings. The summed E-state index contributed by atoms with van der Waals surface area (Å²) < 4.78 is 35.5. The predicted octanol–water partition coefficient (Wildman–Crippen LogP) is 1.07. The minimum atomic E-state index is -2.35. The van der Waals surface area contributed by atoms with E-state index in [0.29, 0.717) is 10.5 Å². The Kier molecular flexibility index (Phi) is 6.94. The third-order valence-corrected chi connectivity index (χ3v) is 5.69. The van der Waals surface area contributed by atoms with E-state index < -0.39 is 32.4 Å². The lowest BCUT2D eigenvalue weighted by molar-refractivity contribution is -0.118. The predicted molar refractivity (Wildman–Crippen MR) is 84.5 cm³/mol. The molecule has 0 saturated carbocycles. The van der Waals surface area contributed by atoms with Gasteiger partial charge in [0.2, 0.25) is 5.91 Å². The highest BCUT2D eigenvalue weighted by Gasteiger charge is 2.35. The summed E-state index contributed by atoms with van der Waals surface area (Å²) in [7, 11) is -1.42. The number of hydrogen-bond acceptors (Lipinski definition) is 4. The van der Waals surface area contributed by atoms with Gasteiger partial charge < -0.3 is 9.87 Å². The summed E-state index contributed by atoms with van der Waals surface area (Å²) in [6.45, 7) is 8.66. The Labute approximate surface area is 129 Å². The maximum absolute atomic E-state index is 12.5. The minimum absolute atomic E-state index is 0.172. The van der Waals surface area contributed by atoms with Crippen molar-refractivity contribution < 1.29 is 17.8 Å². The first kappa shape index (κ1) is 17.7. The van der Waals surface area contributed by atoms with E-state index in [1.165, 1.54) is 19.1 Å². The normalized spacial score (nSPS) is 30.9. The molecule has 0 spiro atoms. The number of nitrogens with one attached hydrogen (secondary N) is 1. The van der Waals surface area contributed by atoms with Gasteiger partial charge in [-0.05, 0) is 29.2 Å². The summed E-state index contributed by atoms with van der Waals surface area (Å²) in [5, 5.41) is 1.36. The van der Waals surface area contributed by atoms with Crippen molar-refractivity contribution in [1.82, 2.24) is 5.32 Å². The van der Waals surface area contributed by atoms with Gasteiger partial charge >= 0.3 is 0 Å². The Morgan fingerprint density at radius 3 is 2.57 bits per heavy atom. The molecule has 0 aliphatic carbocycles. The van der Waals surface area contributed by atoms with Crippen molar-refractivity contribution >= 4 is 27.8 Å². The molecule has 4 atom stereocenters. The number of rotatable bonds is 5. The molecule has 1 amide bonds. The number of amides is 1. The molecule has 5 nitrogen and oxygen atoms in total. The summed E-state index contributed by atoms with van der Waals surface area (Å²) in [6, 6.07) is 0. The van der Waals surface area contributed by atoms with E-state index >= 15 is 0 Å². The largest absolute Gasteiger partial charge is 0.772 e. The molecule has 1 fully saturated rings. The molecular formula is C14H18NO4S2-. The van der Waals surface area contributed by atoms with Crippen molar-refractivity contribution in [2.24, 2.45) is 0 Å². The van der Waals surface area contributed by atoms with E-state index in [0.717, 1.165) is 0 Å². The van der Waals surface area contributed by atoms with Crippen molar-refractivity contribution in [3.05, 3.63) is 47.9 Å².